The smallest absolute Gasteiger partial charge is 0.271 e. The molecule has 2 aliphatic heterocycles. The second kappa shape index (κ2) is 7.83. The van der Waals surface area contributed by atoms with Gasteiger partial charge in [-0.15, -0.1) is 0 Å². The van der Waals surface area contributed by atoms with E-state index in [0.29, 0.717) is 18.7 Å². The predicted molar refractivity (Wildman–Crippen MR) is 111 cm³/mol. The molecule has 0 bridgehead atoms. The van der Waals surface area contributed by atoms with E-state index in [0.717, 1.165) is 49.5 Å². The first-order valence-electron chi connectivity index (χ1n) is 10.1. The van der Waals surface area contributed by atoms with E-state index in [-0.39, 0.29) is 5.69 Å². The lowest BCUT2D eigenvalue weighted by Crippen LogP contribution is -2.41. The van der Waals surface area contributed by atoms with E-state index in [1.165, 1.54) is 12.1 Å². The standard InChI is InChI=1S/C22H26N3O4/c1-2-29-20-13-11-18(12-14-20)23-16-22(26,24-15-5-3-4-6-21(23)24)17-7-9-19(10-8-17)25(27)28/h7-14,26H,2-6,15-16H2,1H3/q+1/t22-/m0/s1. The molecule has 0 aliphatic carbocycles. The average Bonchev–Trinajstić information content (AvgIpc) is 2.88. The Kier molecular flexibility index (Phi) is 5.24. The highest BCUT2D eigenvalue weighted by molar-refractivity contribution is 5.96. The molecule has 0 saturated heterocycles. The van der Waals surface area contributed by atoms with Crippen molar-refractivity contribution in [2.45, 2.75) is 38.3 Å². The maximum absolute atomic E-state index is 11.8. The van der Waals surface area contributed by atoms with Crippen molar-refractivity contribution in [3.8, 4) is 5.75 Å². The molecule has 0 saturated carbocycles. The molecule has 152 valence electrons. The van der Waals surface area contributed by atoms with Crippen LogP contribution in [0.2, 0.25) is 0 Å². The number of nitrogens with zero attached hydrogens (tertiary/aromatic N) is 3. The number of ether oxygens (including phenoxy) is 1. The molecule has 2 aromatic carbocycles. The Hall–Kier alpha value is -2.93. The van der Waals surface area contributed by atoms with E-state index in [1.807, 2.05) is 31.2 Å². The summed E-state index contributed by atoms with van der Waals surface area (Å²) in [5.41, 5.74) is 0.496. The van der Waals surface area contributed by atoms with Gasteiger partial charge in [0, 0.05) is 24.1 Å². The van der Waals surface area contributed by atoms with Crippen molar-refractivity contribution >= 4 is 17.2 Å². The SMILES string of the molecule is CCOc1ccc(N2C[C@](O)(c3ccc([N+](=O)[O-])cc3)[N+]3=C2CCCCC3)cc1. The molecule has 7 heteroatoms. The molecule has 0 unspecified atom stereocenters. The molecule has 2 aliphatic rings. The summed E-state index contributed by atoms with van der Waals surface area (Å²) < 4.78 is 7.63. The summed E-state index contributed by atoms with van der Waals surface area (Å²) in [6.07, 6.45) is 4.10. The number of anilines is 1. The molecular formula is C22H26N3O4+. The van der Waals surface area contributed by atoms with Crippen molar-refractivity contribution in [2.24, 2.45) is 0 Å². The Morgan fingerprint density at radius 3 is 2.52 bits per heavy atom. The van der Waals surface area contributed by atoms with Crippen molar-refractivity contribution in [1.82, 2.24) is 0 Å². The van der Waals surface area contributed by atoms with Gasteiger partial charge < -0.3 is 9.84 Å². The van der Waals surface area contributed by atoms with Gasteiger partial charge in [-0.25, -0.2) is 9.48 Å². The van der Waals surface area contributed by atoms with Crippen LogP contribution in [0.4, 0.5) is 11.4 Å². The third-order valence-electron chi connectivity index (χ3n) is 5.73. The molecule has 1 N–H and O–H groups in total. The topological polar surface area (TPSA) is 78.9 Å². The third-order valence-corrected chi connectivity index (χ3v) is 5.73. The van der Waals surface area contributed by atoms with Gasteiger partial charge in [-0.2, -0.15) is 0 Å². The van der Waals surface area contributed by atoms with Gasteiger partial charge >= 0.3 is 0 Å². The molecule has 0 amide bonds. The van der Waals surface area contributed by atoms with Gasteiger partial charge in [-0.05, 0) is 62.6 Å². The minimum absolute atomic E-state index is 0.0267. The molecule has 4 rings (SSSR count). The second-order valence-electron chi connectivity index (χ2n) is 7.51. The summed E-state index contributed by atoms with van der Waals surface area (Å²) in [7, 11) is 0. The van der Waals surface area contributed by atoms with Crippen molar-refractivity contribution in [3.05, 3.63) is 64.2 Å². The first-order chi connectivity index (χ1) is 14.0. The van der Waals surface area contributed by atoms with Crippen LogP contribution in [0, 0.1) is 10.1 Å². The van der Waals surface area contributed by atoms with Crippen LogP contribution in [0.3, 0.4) is 0 Å². The maximum atomic E-state index is 11.8. The van der Waals surface area contributed by atoms with Gasteiger partial charge in [-0.3, -0.25) is 10.1 Å². The van der Waals surface area contributed by atoms with Gasteiger partial charge in [0.05, 0.1) is 18.1 Å². The summed E-state index contributed by atoms with van der Waals surface area (Å²) in [4.78, 5) is 12.8. The summed E-state index contributed by atoms with van der Waals surface area (Å²) in [5.74, 6) is 1.93. The van der Waals surface area contributed by atoms with E-state index in [4.69, 9.17) is 4.74 Å². The van der Waals surface area contributed by atoms with Crippen LogP contribution < -0.4 is 9.64 Å². The van der Waals surface area contributed by atoms with Crippen LogP contribution in [-0.4, -0.2) is 40.1 Å². The van der Waals surface area contributed by atoms with Crippen molar-refractivity contribution in [3.63, 3.8) is 0 Å². The highest BCUT2D eigenvalue weighted by Gasteiger charge is 2.52. The fourth-order valence-electron chi connectivity index (χ4n) is 4.30. The Bertz CT molecular complexity index is 924. The Morgan fingerprint density at radius 2 is 1.86 bits per heavy atom. The Balaban J connectivity index is 1.72. The lowest BCUT2D eigenvalue weighted by Gasteiger charge is -2.23. The number of nitro groups is 1. The number of β-amino-alcohol motifs (C(OH)–C–C–N with tert-alkyl or cyclic N) is 1. The monoisotopic (exact) mass is 396 g/mol. The number of nitro benzene ring substituents is 1. The van der Waals surface area contributed by atoms with Gasteiger partial charge in [-0.1, -0.05) is 0 Å². The van der Waals surface area contributed by atoms with Crippen LogP contribution >= 0.6 is 0 Å². The first kappa shape index (κ1) is 19.4. The number of hydrogen-bond donors (Lipinski definition) is 1. The number of hydrogen-bond acceptors (Lipinski definition) is 5. The summed E-state index contributed by atoms with van der Waals surface area (Å²) >= 11 is 0. The molecule has 0 aromatic heterocycles. The highest BCUT2D eigenvalue weighted by atomic mass is 16.6. The first-order valence-corrected chi connectivity index (χ1v) is 10.1. The molecule has 0 fully saturated rings. The summed E-state index contributed by atoms with van der Waals surface area (Å²) in [6, 6.07) is 14.2. The number of non-ortho nitro benzene ring substituents is 1. The molecule has 2 aromatic rings. The number of amidine groups is 1. The maximum Gasteiger partial charge on any atom is 0.271 e. The predicted octanol–water partition coefficient (Wildman–Crippen LogP) is 3.64. The quantitative estimate of drug-likeness (QED) is 0.474. The minimum Gasteiger partial charge on any atom is -0.494 e. The molecule has 1 atom stereocenters. The van der Waals surface area contributed by atoms with Crippen LogP contribution in [0.1, 0.15) is 38.2 Å². The van der Waals surface area contributed by atoms with Crippen molar-refractivity contribution in [2.75, 3.05) is 24.6 Å². The second-order valence-corrected chi connectivity index (χ2v) is 7.51. The van der Waals surface area contributed by atoms with E-state index < -0.39 is 10.6 Å². The van der Waals surface area contributed by atoms with Crippen LogP contribution in [0.15, 0.2) is 48.5 Å². The molecule has 2 heterocycles. The molecule has 0 radical (unpaired) electrons. The normalized spacial score (nSPS) is 21.7. The van der Waals surface area contributed by atoms with E-state index in [9.17, 15) is 15.2 Å². The molecule has 29 heavy (non-hydrogen) atoms. The van der Waals surface area contributed by atoms with Gasteiger partial charge in [0.15, 0.2) is 6.54 Å². The van der Waals surface area contributed by atoms with Crippen molar-refractivity contribution in [1.29, 1.82) is 0 Å². The fraction of sp³-hybridized carbons (Fsp3) is 0.409. The van der Waals surface area contributed by atoms with Gasteiger partial charge in [0.2, 0.25) is 0 Å². The molecule has 7 nitrogen and oxygen atoms in total. The van der Waals surface area contributed by atoms with Crippen LogP contribution in [-0.2, 0) is 5.72 Å². The van der Waals surface area contributed by atoms with Crippen LogP contribution in [0.5, 0.6) is 5.75 Å². The van der Waals surface area contributed by atoms with E-state index in [2.05, 4.69) is 9.48 Å². The number of rotatable bonds is 5. The Morgan fingerprint density at radius 1 is 1.14 bits per heavy atom. The lowest BCUT2D eigenvalue weighted by atomic mass is 10.0. The largest absolute Gasteiger partial charge is 0.494 e. The average molecular weight is 396 g/mol. The summed E-state index contributed by atoms with van der Waals surface area (Å²) in [6.45, 7) is 3.72. The molecule has 0 spiro atoms. The summed E-state index contributed by atoms with van der Waals surface area (Å²) in [5, 5.41) is 22.8. The number of aliphatic hydroxyl groups is 1. The van der Waals surface area contributed by atoms with Crippen molar-refractivity contribution < 1.29 is 19.3 Å². The fourth-order valence-corrected chi connectivity index (χ4v) is 4.30. The lowest BCUT2D eigenvalue weighted by molar-refractivity contribution is -0.658. The zero-order valence-electron chi connectivity index (χ0n) is 16.6. The highest BCUT2D eigenvalue weighted by Crippen LogP contribution is 2.36. The van der Waals surface area contributed by atoms with E-state index in [1.54, 1.807) is 12.1 Å². The third kappa shape index (κ3) is 3.58. The Labute approximate surface area is 170 Å². The van der Waals surface area contributed by atoms with Gasteiger partial charge in [0.1, 0.15) is 11.4 Å². The van der Waals surface area contributed by atoms with E-state index >= 15 is 0 Å². The zero-order chi connectivity index (χ0) is 20.4. The van der Waals surface area contributed by atoms with Gasteiger partial charge in [0.25, 0.3) is 17.2 Å². The van der Waals surface area contributed by atoms with Crippen LogP contribution in [0.25, 0.3) is 0 Å². The minimum atomic E-state index is -1.21. The zero-order valence-corrected chi connectivity index (χ0v) is 16.6. The molecular weight excluding hydrogens is 370 g/mol. The number of benzene rings is 2.